The zero-order valence-corrected chi connectivity index (χ0v) is 15.5. The van der Waals surface area contributed by atoms with Crippen molar-refractivity contribution < 1.29 is 4.74 Å². The van der Waals surface area contributed by atoms with Gasteiger partial charge in [0.1, 0.15) is 17.2 Å². The molecular formula is C21H23N3O2. The summed E-state index contributed by atoms with van der Waals surface area (Å²) in [7, 11) is 0. The van der Waals surface area contributed by atoms with E-state index in [2.05, 4.69) is 54.9 Å². The molecule has 0 spiro atoms. The van der Waals surface area contributed by atoms with E-state index in [9.17, 15) is 4.79 Å². The average molecular weight is 349 g/mol. The molecule has 2 aromatic carbocycles. The normalized spacial score (nSPS) is 12.7. The van der Waals surface area contributed by atoms with Crippen molar-refractivity contribution in [1.29, 1.82) is 0 Å². The van der Waals surface area contributed by atoms with Crippen LogP contribution in [0.15, 0.2) is 41.2 Å². The highest BCUT2D eigenvalue weighted by atomic mass is 16.5. The minimum atomic E-state index is -0.195. The number of nitrogens with zero attached hydrogens (tertiary/aromatic N) is 2. The van der Waals surface area contributed by atoms with Crippen LogP contribution in [0.4, 0.5) is 0 Å². The number of fused-ring (bicyclic) bond motifs is 2. The van der Waals surface area contributed by atoms with E-state index >= 15 is 0 Å². The first kappa shape index (κ1) is 16.8. The summed E-state index contributed by atoms with van der Waals surface area (Å²) >= 11 is 0. The summed E-state index contributed by atoms with van der Waals surface area (Å²) in [6.07, 6.45) is 0. The third-order valence-electron chi connectivity index (χ3n) is 4.99. The van der Waals surface area contributed by atoms with E-state index in [1.165, 1.54) is 5.56 Å². The molecule has 0 bridgehead atoms. The Bertz CT molecular complexity index is 1030. The topological polar surface area (TPSA) is 58.2 Å². The Morgan fingerprint density at radius 2 is 1.85 bits per heavy atom. The smallest absolute Gasteiger partial charge is 0.272 e. The van der Waals surface area contributed by atoms with Crippen LogP contribution in [0.3, 0.4) is 0 Å². The van der Waals surface area contributed by atoms with E-state index in [0.29, 0.717) is 23.2 Å². The first-order chi connectivity index (χ1) is 12.5. The molecule has 0 unspecified atom stereocenters. The van der Waals surface area contributed by atoms with Gasteiger partial charge in [0.2, 0.25) is 0 Å². The number of hydrogen-bond donors (Lipinski definition) is 1. The second kappa shape index (κ2) is 6.25. The van der Waals surface area contributed by atoms with Gasteiger partial charge in [-0.25, -0.2) is 5.10 Å². The molecule has 134 valence electrons. The number of rotatable bonds is 4. The van der Waals surface area contributed by atoms with Gasteiger partial charge in [0, 0.05) is 24.2 Å². The molecule has 5 heteroatoms. The first-order valence-electron chi connectivity index (χ1n) is 9.04. The van der Waals surface area contributed by atoms with Crippen LogP contribution in [0, 0.1) is 0 Å². The second-order valence-electron chi connectivity index (χ2n) is 7.37. The summed E-state index contributed by atoms with van der Waals surface area (Å²) < 4.78 is 6.05. The summed E-state index contributed by atoms with van der Waals surface area (Å²) in [5.41, 5.74) is 2.71. The summed E-state index contributed by atoms with van der Waals surface area (Å²) in [6, 6.07) is 12.7. The van der Waals surface area contributed by atoms with E-state index in [1.807, 2.05) is 18.2 Å². The Kier molecular flexibility index (Phi) is 4.04. The van der Waals surface area contributed by atoms with Crippen molar-refractivity contribution >= 4 is 10.8 Å². The van der Waals surface area contributed by atoms with Crippen LogP contribution in [0.25, 0.3) is 22.0 Å². The third kappa shape index (κ3) is 2.69. The highest BCUT2D eigenvalue weighted by Crippen LogP contribution is 2.44. The van der Waals surface area contributed by atoms with E-state index in [-0.39, 0.29) is 5.56 Å². The molecule has 4 rings (SSSR count). The summed E-state index contributed by atoms with van der Waals surface area (Å²) in [4.78, 5) is 14.6. The van der Waals surface area contributed by atoms with Crippen molar-refractivity contribution in [2.45, 2.75) is 46.3 Å². The van der Waals surface area contributed by atoms with Gasteiger partial charge in [0.05, 0.1) is 10.8 Å². The van der Waals surface area contributed by atoms with E-state index in [0.717, 1.165) is 28.9 Å². The molecule has 2 heterocycles. The minimum absolute atomic E-state index is 0.195. The Hall–Kier alpha value is -2.66. The number of aromatic amines is 1. The number of nitrogens with one attached hydrogen (secondary N) is 1. The average Bonchev–Trinajstić information content (AvgIpc) is 2.61. The molecule has 0 atom stereocenters. The lowest BCUT2D eigenvalue weighted by Crippen LogP contribution is -2.36. The highest BCUT2D eigenvalue weighted by molar-refractivity contribution is 6.01. The summed E-state index contributed by atoms with van der Waals surface area (Å²) in [5.74, 6) is 1.45. The van der Waals surface area contributed by atoms with E-state index in [1.54, 1.807) is 6.07 Å². The van der Waals surface area contributed by atoms with Gasteiger partial charge in [-0.1, -0.05) is 12.1 Å². The second-order valence-corrected chi connectivity index (χ2v) is 7.37. The molecule has 1 aliphatic heterocycles. The maximum Gasteiger partial charge on any atom is 0.272 e. The lowest BCUT2D eigenvalue weighted by Gasteiger charge is -2.31. The van der Waals surface area contributed by atoms with Gasteiger partial charge in [-0.3, -0.25) is 9.69 Å². The molecule has 0 aliphatic carbocycles. The number of aromatic nitrogens is 2. The van der Waals surface area contributed by atoms with Gasteiger partial charge in [-0.15, -0.1) is 0 Å². The molecule has 26 heavy (non-hydrogen) atoms. The Balaban J connectivity index is 1.84. The van der Waals surface area contributed by atoms with Gasteiger partial charge < -0.3 is 4.74 Å². The number of hydrogen-bond acceptors (Lipinski definition) is 4. The molecule has 1 N–H and O–H groups in total. The fraction of sp³-hybridized carbons (Fsp3) is 0.333. The van der Waals surface area contributed by atoms with E-state index < -0.39 is 0 Å². The van der Waals surface area contributed by atoms with Crippen LogP contribution in [-0.4, -0.2) is 27.2 Å². The molecule has 0 amide bonds. The van der Waals surface area contributed by atoms with Crippen molar-refractivity contribution in [2.24, 2.45) is 0 Å². The van der Waals surface area contributed by atoms with Crippen molar-refractivity contribution in [3.05, 3.63) is 52.3 Å². The van der Waals surface area contributed by atoms with Gasteiger partial charge >= 0.3 is 0 Å². The van der Waals surface area contributed by atoms with E-state index in [4.69, 9.17) is 4.74 Å². The largest absolute Gasteiger partial charge is 0.456 e. The molecule has 0 saturated carbocycles. The highest BCUT2D eigenvalue weighted by Gasteiger charge is 2.23. The molecule has 3 aromatic rings. The Morgan fingerprint density at radius 3 is 2.58 bits per heavy atom. The summed E-state index contributed by atoms with van der Waals surface area (Å²) in [6.45, 7) is 9.71. The van der Waals surface area contributed by atoms with Crippen LogP contribution in [-0.2, 0) is 6.54 Å². The van der Waals surface area contributed by atoms with Crippen LogP contribution in [0.2, 0.25) is 0 Å². The first-order valence-corrected chi connectivity index (χ1v) is 9.04. The fourth-order valence-corrected chi connectivity index (χ4v) is 3.71. The Labute approximate surface area is 152 Å². The van der Waals surface area contributed by atoms with Crippen molar-refractivity contribution in [3.8, 4) is 22.8 Å². The predicted molar refractivity (Wildman–Crippen MR) is 104 cm³/mol. The molecule has 0 saturated heterocycles. The van der Waals surface area contributed by atoms with Crippen LogP contribution in [0.1, 0.15) is 33.3 Å². The maximum atomic E-state index is 12.1. The van der Waals surface area contributed by atoms with Gasteiger partial charge in [-0.2, -0.15) is 5.10 Å². The number of ether oxygens (including phenoxy) is 1. The lowest BCUT2D eigenvalue weighted by molar-refractivity contribution is 0.166. The van der Waals surface area contributed by atoms with Gasteiger partial charge in [0.25, 0.3) is 5.56 Å². The number of benzene rings is 2. The molecular weight excluding hydrogens is 326 g/mol. The standard InChI is InChI=1S/C21H23N3O2/c1-12(2)24(13(3)4)11-14-8-9-17-16(10-14)20-19-15(21(25)23-22-20)6-5-7-18(19)26-17/h5-10,12-13H,11H2,1-4H3,(H,23,25). The third-order valence-corrected chi connectivity index (χ3v) is 4.99. The number of H-pyrrole nitrogens is 1. The minimum Gasteiger partial charge on any atom is -0.456 e. The quantitative estimate of drug-likeness (QED) is 0.596. The zero-order valence-electron chi connectivity index (χ0n) is 15.5. The molecule has 0 radical (unpaired) electrons. The maximum absolute atomic E-state index is 12.1. The monoisotopic (exact) mass is 349 g/mol. The van der Waals surface area contributed by atoms with Crippen molar-refractivity contribution in [3.63, 3.8) is 0 Å². The SMILES string of the molecule is CC(C)N(Cc1ccc2c(c1)-c1n[nH]c(=O)c3cccc(c13)O2)C(C)C. The van der Waals surface area contributed by atoms with Crippen LogP contribution < -0.4 is 10.3 Å². The van der Waals surface area contributed by atoms with Gasteiger partial charge in [-0.05, 0) is 57.5 Å². The summed E-state index contributed by atoms with van der Waals surface area (Å²) in [5, 5.41) is 8.35. The van der Waals surface area contributed by atoms with Gasteiger partial charge in [0.15, 0.2) is 0 Å². The van der Waals surface area contributed by atoms with Crippen molar-refractivity contribution in [2.75, 3.05) is 0 Å². The molecule has 0 fully saturated rings. The Morgan fingerprint density at radius 1 is 1.08 bits per heavy atom. The predicted octanol–water partition coefficient (Wildman–Crippen LogP) is 4.31. The van der Waals surface area contributed by atoms with Crippen LogP contribution in [0.5, 0.6) is 11.5 Å². The van der Waals surface area contributed by atoms with Crippen molar-refractivity contribution in [1.82, 2.24) is 15.1 Å². The zero-order chi connectivity index (χ0) is 18.4. The lowest BCUT2D eigenvalue weighted by atomic mass is 9.98. The van der Waals surface area contributed by atoms with Crippen LogP contribution >= 0.6 is 0 Å². The fourth-order valence-electron chi connectivity index (χ4n) is 3.71. The molecule has 1 aliphatic rings. The molecule has 1 aromatic heterocycles. The molecule has 5 nitrogen and oxygen atoms in total.